The van der Waals surface area contributed by atoms with E-state index in [0.29, 0.717) is 24.2 Å². The maximum absolute atomic E-state index is 13.4. The Morgan fingerprint density at radius 1 is 1.00 bits per heavy atom. The minimum Gasteiger partial charge on any atom is -0.461 e. The Morgan fingerprint density at radius 2 is 1.61 bits per heavy atom. The summed E-state index contributed by atoms with van der Waals surface area (Å²) in [5.74, 6) is -0.434. The molecule has 1 N–H and O–H groups in total. The number of ether oxygens (including phenoxy) is 1. The Balaban J connectivity index is 1.94. The van der Waals surface area contributed by atoms with Gasteiger partial charge in [-0.25, -0.2) is 13.2 Å². The molecular weight excluding hydrogens is 412 g/mol. The van der Waals surface area contributed by atoms with E-state index in [9.17, 15) is 13.2 Å². The van der Waals surface area contributed by atoms with Crippen LogP contribution >= 0.6 is 0 Å². The number of hydrogen-bond acceptors (Lipinski definition) is 4. The number of hydrogen-bond donors (Lipinski definition) is 1. The lowest BCUT2D eigenvalue weighted by molar-refractivity contribution is 0.0519. The second-order valence-corrected chi connectivity index (χ2v) is 9.27. The molecule has 3 rings (SSSR count). The van der Waals surface area contributed by atoms with Gasteiger partial charge in [-0.15, -0.1) is 0 Å². The van der Waals surface area contributed by atoms with Crippen molar-refractivity contribution in [1.29, 1.82) is 0 Å². The van der Waals surface area contributed by atoms with Crippen LogP contribution in [-0.2, 0) is 27.7 Å². The lowest BCUT2D eigenvalue weighted by Crippen LogP contribution is -2.33. The molecule has 31 heavy (non-hydrogen) atoms. The Hall–Kier alpha value is -2.90. The summed E-state index contributed by atoms with van der Waals surface area (Å²) in [6, 6.07) is 18.2. The molecule has 6 nitrogen and oxygen atoms in total. The van der Waals surface area contributed by atoms with Crippen molar-refractivity contribution in [2.24, 2.45) is 0 Å². The molecule has 0 aliphatic carbocycles. The van der Waals surface area contributed by atoms with Crippen LogP contribution in [0.15, 0.2) is 65.6 Å². The van der Waals surface area contributed by atoms with Crippen molar-refractivity contribution in [3.05, 3.63) is 88.7 Å². The highest BCUT2D eigenvalue weighted by atomic mass is 32.2. The van der Waals surface area contributed by atoms with Gasteiger partial charge in [-0.3, -0.25) is 0 Å². The molecule has 0 bridgehead atoms. The molecule has 1 heterocycles. The first kappa shape index (κ1) is 22.8. The van der Waals surface area contributed by atoms with Crippen LogP contribution in [0.4, 0.5) is 0 Å². The summed E-state index contributed by atoms with van der Waals surface area (Å²) in [7, 11) is -3.72. The topological polar surface area (TPSA) is 79.5 Å². The lowest BCUT2D eigenvalue weighted by atomic mass is 10.1. The van der Waals surface area contributed by atoms with E-state index < -0.39 is 16.0 Å². The number of carbonyl (C=O) groups is 1. The van der Waals surface area contributed by atoms with Crippen LogP contribution in [0.2, 0.25) is 0 Å². The van der Waals surface area contributed by atoms with E-state index in [1.807, 2.05) is 44.2 Å². The number of sulfonamides is 1. The van der Waals surface area contributed by atoms with Crippen molar-refractivity contribution in [2.45, 2.75) is 38.6 Å². The Bertz CT molecular complexity index is 1120. The summed E-state index contributed by atoms with van der Waals surface area (Å²) in [5.41, 5.74) is 3.69. The van der Waals surface area contributed by atoms with Gasteiger partial charge in [-0.2, -0.15) is 4.31 Å². The van der Waals surface area contributed by atoms with Gasteiger partial charge in [0.2, 0.25) is 10.0 Å². The quantitative estimate of drug-likeness (QED) is 0.505. The molecule has 0 unspecified atom stereocenters. The van der Waals surface area contributed by atoms with Gasteiger partial charge in [0.25, 0.3) is 0 Å². The summed E-state index contributed by atoms with van der Waals surface area (Å²) in [5, 5.41) is 0. The van der Waals surface area contributed by atoms with E-state index in [4.69, 9.17) is 4.74 Å². The van der Waals surface area contributed by atoms with Crippen LogP contribution in [0.5, 0.6) is 0 Å². The van der Waals surface area contributed by atoms with Crippen LogP contribution in [-0.4, -0.2) is 36.8 Å². The molecule has 2 aromatic carbocycles. The zero-order valence-corrected chi connectivity index (χ0v) is 18.9. The average Bonchev–Trinajstić information content (AvgIpc) is 3.06. The first-order valence-corrected chi connectivity index (χ1v) is 11.7. The van der Waals surface area contributed by atoms with Crippen molar-refractivity contribution >= 4 is 16.0 Å². The molecular formula is C24H28N2O4S. The second-order valence-electron chi connectivity index (χ2n) is 7.34. The molecule has 0 saturated heterocycles. The largest absolute Gasteiger partial charge is 0.461 e. The predicted molar refractivity (Wildman–Crippen MR) is 120 cm³/mol. The first-order chi connectivity index (χ1) is 14.8. The highest BCUT2D eigenvalue weighted by Gasteiger charge is 2.27. The smallest absolute Gasteiger partial charge is 0.355 e. The summed E-state index contributed by atoms with van der Waals surface area (Å²) in [6.07, 6.45) is 0.583. The van der Waals surface area contributed by atoms with Crippen molar-refractivity contribution < 1.29 is 17.9 Å². The molecule has 1 aromatic heterocycles. The summed E-state index contributed by atoms with van der Waals surface area (Å²) < 4.78 is 33.5. The van der Waals surface area contributed by atoms with Crippen molar-refractivity contribution in [2.75, 3.05) is 13.2 Å². The molecule has 0 fully saturated rings. The molecule has 0 saturated carbocycles. The normalized spacial score (nSPS) is 11.6. The van der Waals surface area contributed by atoms with Crippen LogP contribution < -0.4 is 0 Å². The zero-order chi connectivity index (χ0) is 22.4. The van der Waals surface area contributed by atoms with Gasteiger partial charge in [0.1, 0.15) is 5.69 Å². The summed E-state index contributed by atoms with van der Waals surface area (Å²) >= 11 is 0. The number of rotatable bonds is 9. The number of aryl methyl sites for hydroxylation is 1. The number of H-pyrrole nitrogens is 1. The minimum atomic E-state index is -3.72. The number of esters is 1. The van der Waals surface area contributed by atoms with Gasteiger partial charge >= 0.3 is 5.97 Å². The molecule has 0 aliphatic rings. The maximum Gasteiger partial charge on any atom is 0.355 e. The van der Waals surface area contributed by atoms with Gasteiger partial charge in [-0.05, 0) is 56.0 Å². The van der Waals surface area contributed by atoms with E-state index in [0.717, 1.165) is 16.8 Å². The predicted octanol–water partition coefficient (Wildman–Crippen LogP) is 4.24. The molecule has 3 aromatic rings. The van der Waals surface area contributed by atoms with Gasteiger partial charge in [0.05, 0.1) is 11.5 Å². The third-order valence-corrected chi connectivity index (χ3v) is 7.14. The molecule has 7 heteroatoms. The second kappa shape index (κ2) is 9.94. The third-order valence-electron chi connectivity index (χ3n) is 5.28. The number of benzene rings is 2. The number of aromatic amines is 1. The fourth-order valence-corrected chi connectivity index (χ4v) is 4.96. The van der Waals surface area contributed by atoms with Crippen molar-refractivity contribution in [3.8, 4) is 0 Å². The molecule has 0 spiro atoms. The number of aromatic nitrogens is 1. The van der Waals surface area contributed by atoms with E-state index >= 15 is 0 Å². The zero-order valence-electron chi connectivity index (χ0n) is 18.1. The van der Waals surface area contributed by atoms with E-state index in [-0.39, 0.29) is 18.0 Å². The Labute approximate surface area is 183 Å². The molecule has 0 amide bonds. The van der Waals surface area contributed by atoms with Gasteiger partial charge in [-0.1, -0.05) is 48.5 Å². The van der Waals surface area contributed by atoms with E-state index in [1.165, 1.54) is 4.31 Å². The first-order valence-electron chi connectivity index (χ1n) is 10.3. The average molecular weight is 441 g/mol. The number of carbonyl (C=O) groups excluding carboxylic acids is 1. The van der Waals surface area contributed by atoms with Crippen LogP contribution in [0, 0.1) is 13.8 Å². The molecule has 0 aliphatic heterocycles. The van der Waals surface area contributed by atoms with Crippen LogP contribution in [0.25, 0.3) is 0 Å². The highest BCUT2D eigenvalue weighted by Crippen LogP contribution is 2.25. The minimum absolute atomic E-state index is 0.164. The van der Waals surface area contributed by atoms with E-state index in [1.54, 1.807) is 37.3 Å². The standard InChI is InChI=1S/C24H28N2O4S/c1-4-30-24(27)23-18(2)22(19(3)25-23)17-26(16-15-20-11-7-5-8-12-20)31(28,29)21-13-9-6-10-14-21/h5-14,25H,4,15-17H2,1-3H3. The lowest BCUT2D eigenvalue weighted by Gasteiger charge is -2.23. The summed E-state index contributed by atoms with van der Waals surface area (Å²) in [6.45, 7) is 6.17. The molecule has 164 valence electrons. The van der Waals surface area contributed by atoms with Gasteiger partial charge in [0, 0.05) is 18.8 Å². The van der Waals surface area contributed by atoms with Crippen molar-refractivity contribution in [1.82, 2.24) is 9.29 Å². The number of nitrogens with one attached hydrogen (secondary N) is 1. The maximum atomic E-state index is 13.4. The number of nitrogens with zero attached hydrogens (tertiary/aromatic N) is 1. The van der Waals surface area contributed by atoms with Crippen LogP contribution in [0.3, 0.4) is 0 Å². The Kier molecular flexibility index (Phi) is 7.30. The van der Waals surface area contributed by atoms with Crippen LogP contribution in [0.1, 0.15) is 39.8 Å². The Morgan fingerprint density at radius 3 is 2.23 bits per heavy atom. The molecule has 0 atom stereocenters. The van der Waals surface area contributed by atoms with Gasteiger partial charge < -0.3 is 9.72 Å². The third kappa shape index (κ3) is 5.24. The fraction of sp³-hybridized carbons (Fsp3) is 0.292. The van der Waals surface area contributed by atoms with Crippen molar-refractivity contribution in [3.63, 3.8) is 0 Å². The molecule has 0 radical (unpaired) electrons. The SMILES string of the molecule is CCOC(=O)c1[nH]c(C)c(CN(CCc2ccccc2)S(=O)(=O)c2ccccc2)c1C. The van der Waals surface area contributed by atoms with Gasteiger partial charge in [0.15, 0.2) is 0 Å². The fourth-order valence-electron chi connectivity index (χ4n) is 3.53. The highest BCUT2D eigenvalue weighted by molar-refractivity contribution is 7.89. The van der Waals surface area contributed by atoms with E-state index in [2.05, 4.69) is 4.98 Å². The summed E-state index contributed by atoms with van der Waals surface area (Å²) in [4.78, 5) is 15.6. The monoisotopic (exact) mass is 440 g/mol.